The summed E-state index contributed by atoms with van der Waals surface area (Å²) in [5, 5.41) is 0. The lowest BCUT2D eigenvalue weighted by atomic mass is 10.0. The zero-order valence-corrected chi connectivity index (χ0v) is 10.1. The average Bonchev–Trinajstić information content (AvgIpc) is 2.29. The van der Waals surface area contributed by atoms with E-state index in [4.69, 9.17) is 0 Å². The zero-order chi connectivity index (χ0) is 12.3. The van der Waals surface area contributed by atoms with Gasteiger partial charge in [-0.15, -0.1) is 0 Å². The van der Waals surface area contributed by atoms with Crippen molar-refractivity contribution in [2.75, 3.05) is 0 Å². The van der Waals surface area contributed by atoms with E-state index in [1.54, 1.807) is 6.07 Å². The number of aromatic amines is 1. The Morgan fingerprint density at radius 3 is 2.47 bits per heavy atom. The van der Waals surface area contributed by atoms with Gasteiger partial charge in [0, 0.05) is 6.20 Å². The number of aromatic nitrogens is 2. The fourth-order valence-corrected chi connectivity index (χ4v) is 1.83. The molecule has 0 atom stereocenters. The van der Waals surface area contributed by atoms with Crippen molar-refractivity contribution >= 4 is 0 Å². The van der Waals surface area contributed by atoms with E-state index in [9.17, 15) is 4.79 Å². The van der Waals surface area contributed by atoms with E-state index in [1.807, 2.05) is 12.1 Å². The fraction of sp³-hybridized carbons (Fsp3) is 0.286. The van der Waals surface area contributed by atoms with Gasteiger partial charge in [-0.3, -0.25) is 0 Å². The quantitative estimate of drug-likeness (QED) is 0.877. The average molecular weight is 228 g/mol. The van der Waals surface area contributed by atoms with Crippen LogP contribution in [0.1, 0.15) is 19.4 Å². The van der Waals surface area contributed by atoms with Crippen molar-refractivity contribution in [3.8, 4) is 11.3 Å². The van der Waals surface area contributed by atoms with E-state index in [0.29, 0.717) is 5.92 Å². The normalized spacial score (nSPS) is 10.8. The maximum Gasteiger partial charge on any atom is 0.345 e. The molecule has 1 aromatic carbocycles. The highest BCUT2D eigenvalue weighted by atomic mass is 16.1. The van der Waals surface area contributed by atoms with Gasteiger partial charge in [-0.2, -0.15) is 0 Å². The predicted octanol–water partition coefficient (Wildman–Crippen LogP) is 2.64. The van der Waals surface area contributed by atoms with Gasteiger partial charge in [0.2, 0.25) is 0 Å². The Balaban J connectivity index is 2.26. The van der Waals surface area contributed by atoms with Crippen LogP contribution in [0.5, 0.6) is 0 Å². The second-order valence-corrected chi connectivity index (χ2v) is 4.58. The molecule has 17 heavy (non-hydrogen) atoms. The minimum absolute atomic E-state index is 0.311. The third-order valence-corrected chi connectivity index (χ3v) is 2.58. The molecule has 0 saturated carbocycles. The van der Waals surface area contributed by atoms with Gasteiger partial charge in [-0.25, -0.2) is 9.78 Å². The molecule has 2 aromatic rings. The fourth-order valence-electron chi connectivity index (χ4n) is 1.83. The lowest BCUT2D eigenvalue weighted by Crippen LogP contribution is -2.09. The third kappa shape index (κ3) is 3.03. The van der Waals surface area contributed by atoms with E-state index in [-0.39, 0.29) is 5.69 Å². The second kappa shape index (κ2) is 4.95. The molecule has 0 aliphatic heterocycles. The summed E-state index contributed by atoms with van der Waals surface area (Å²) in [4.78, 5) is 17.4. The molecule has 0 spiro atoms. The summed E-state index contributed by atoms with van der Waals surface area (Å²) in [6.45, 7) is 4.41. The van der Waals surface area contributed by atoms with Crippen LogP contribution in [0.2, 0.25) is 0 Å². The van der Waals surface area contributed by atoms with Crippen LogP contribution in [-0.4, -0.2) is 9.97 Å². The van der Waals surface area contributed by atoms with Gasteiger partial charge >= 0.3 is 5.69 Å². The second-order valence-electron chi connectivity index (χ2n) is 4.58. The highest BCUT2D eigenvalue weighted by Gasteiger charge is 2.00. The number of benzene rings is 1. The number of hydrogen-bond donors (Lipinski definition) is 1. The van der Waals surface area contributed by atoms with Crippen LogP contribution in [0, 0.1) is 5.92 Å². The molecule has 0 radical (unpaired) electrons. The highest BCUT2D eigenvalue weighted by Crippen LogP contribution is 2.17. The first-order valence-corrected chi connectivity index (χ1v) is 5.80. The molecular formula is C14H16N2O. The molecule has 2 rings (SSSR count). The number of nitrogens with one attached hydrogen (secondary N) is 1. The first kappa shape index (κ1) is 11.6. The van der Waals surface area contributed by atoms with Crippen LogP contribution in [0.15, 0.2) is 41.3 Å². The van der Waals surface area contributed by atoms with Gasteiger partial charge in [-0.05, 0) is 29.5 Å². The van der Waals surface area contributed by atoms with Crippen LogP contribution in [0.3, 0.4) is 0 Å². The molecule has 3 nitrogen and oxygen atoms in total. The SMILES string of the molecule is CC(C)Cc1ccc(-c2ccnc(=O)[nH]2)cc1. The molecule has 0 fully saturated rings. The van der Waals surface area contributed by atoms with E-state index in [1.165, 1.54) is 11.8 Å². The molecule has 0 aliphatic carbocycles. The molecule has 0 unspecified atom stereocenters. The molecule has 0 amide bonds. The van der Waals surface area contributed by atoms with Crippen LogP contribution >= 0.6 is 0 Å². The number of hydrogen-bond acceptors (Lipinski definition) is 2. The van der Waals surface area contributed by atoms with Gasteiger partial charge in [0.25, 0.3) is 0 Å². The molecule has 88 valence electrons. The molecule has 1 N–H and O–H groups in total. The summed E-state index contributed by atoms with van der Waals surface area (Å²) >= 11 is 0. The van der Waals surface area contributed by atoms with E-state index in [0.717, 1.165) is 17.7 Å². The Bertz CT molecular complexity index is 541. The maximum absolute atomic E-state index is 11.1. The summed E-state index contributed by atoms with van der Waals surface area (Å²) in [6.07, 6.45) is 2.60. The van der Waals surface area contributed by atoms with Crippen molar-refractivity contribution in [3.63, 3.8) is 0 Å². The predicted molar refractivity (Wildman–Crippen MR) is 68.8 cm³/mol. The maximum atomic E-state index is 11.1. The van der Waals surface area contributed by atoms with Crippen molar-refractivity contribution in [3.05, 3.63) is 52.6 Å². The Morgan fingerprint density at radius 2 is 1.88 bits per heavy atom. The third-order valence-electron chi connectivity index (χ3n) is 2.58. The number of rotatable bonds is 3. The lowest BCUT2D eigenvalue weighted by molar-refractivity contribution is 0.647. The van der Waals surface area contributed by atoms with E-state index < -0.39 is 0 Å². The van der Waals surface area contributed by atoms with Crippen LogP contribution in [0.4, 0.5) is 0 Å². The summed E-state index contributed by atoms with van der Waals surface area (Å²) in [5.74, 6) is 0.654. The molecule has 1 aromatic heterocycles. The zero-order valence-electron chi connectivity index (χ0n) is 10.1. The minimum atomic E-state index is -0.311. The first-order chi connectivity index (χ1) is 8.15. The molecular weight excluding hydrogens is 212 g/mol. The van der Waals surface area contributed by atoms with Crippen molar-refractivity contribution in [2.24, 2.45) is 5.92 Å². The smallest absolute Gasteiger partial charge is 0.305 e. The van der Waals surface area contributed by atoms with Gasteiger partial charge in [0.15, 0.2) is 0 Å². The van der Waals surface area contributed by atoms with Crippen LogP contribution < -0.4 is 5.69 Å². The largest absolute Gasteiger partial charge is 0.345 e. The molecule has 0 bridgehead atoms. The number of H-pyrrole nitrogens is 1. The Labute approximate surface area is 101 Å². The van der Waals surface area contributed by atoms with E-state index in [2.05, 4.69) is 35.9 Å². The molecule has 0 saturated heterocycles. The Hall–Kier alpha value is -1.90. The minimum Gasteiger partial charge on any atom is -0.305 e. The first-order valence-electron chi connectivity index (χ1n) is 5.80. The van der Waals surface area contributed by atoms with Crippen molar-refractivity contribution in [1.29, 1.82) is 0 Å². The van der Waals surface area contributed by atoms with E-state index >= 15 is 0 Å². The molecule has 3 heteroatoms. The van der Waals surface area contributed by atoms with Crippen LogP contribution in [-0.2, 0) is 6.42 Å². The Morgan fingerprint density at radius 1 is 1.18 bits per heavy atom. The molecule has 1 heterocycles. The molecule has 0 aliphatic rings. The van der Waals surface area contributed by atoms with Crippen molar-refractivity contribution < 1.29 is 0 Å². The Kier molecular flexibility index (Phi) is 3.38. The summed E-state index contributed by atoms with van der Waals surface area (Å²) in [5.41, 5.74) is 2.83. The monoisotopic (exact) mass is 228 g/mol. The highest BCUT2D eigenvalue weighted by molar-refractivity contribution is 5.58. The van der Waals surface area contributed by atoms with Gasteiger partial charge in [0.05, 0.1) is 5.69 Å². The van der Waals surface area contributed by atoms with Gasteiger partial charge in [0.1, 0.15) is 0 Å². The topological polar surface area (TPSA) is 45.8 Å². The van der Waals surface area contributed by atoms with Crippen molar-refractivity contribution in [1.82, 2.24) is 9.97 Å². The summed E-state index contributed by atoms with van der Waals surface area (Å²) in [7, 11) is 0. The lowest BCUT2D eigenvalue weighted by Gasteiger charge is -2.06. The van der Waals surface area contributed by atoms with Crippen molar-refractivity contribution in [2.45, 2.75) is 20.3 Å². The summed E-state index contributed by atoms with van der Waals surface area (Å²) in [6, 6.07) is 10.1. The number of nitrogens with zero attached hydrogens (tertiary/aromatic N) is 1. The summed E-state index contributed by atoms with van der Waals surface area (Å²) < 4.78 is 0. The van der Waals surface area contributed by atoms with Crippen LogP contribution in [0.25, 0.3) is 11.3 Å². The standard InChI is InChI=1S/C14H16N2O/c1-10(2)9-11-3-5-12(6-4-11)13-7-8-15-14(17)16-13/h3-8,10H,9H2,1-2H3,(H,15,16,17). The van der Waals surface area contributed by atoms with Gasteiger partial charge < -0.3 is 4.98 Å². The van der Waals surface area contributed by atoms with Gasteiger partial charge in [-0.1, -0.05) is 38.1 Å².